The highest BCUT2D eigenvalue weighted by molar-refractivity contribution is 5.92. The van der Waals surface area contributed by atoms with Gasteiger partial charge in [-0.3, -0.25) is 4.79 Å². The first-order valence-electron chi connectivity index (χ1n) is 13.9. The molecule has 1 aliphatic heterocycles. The number of alkyl halides is 3. The largest absolute Gasteiger partial charge is 0.447 e. The quantitative estimate of drug-likeness (QED) is 0.234. The number of rotatable bonds is 11. The van der Waals surface area contributed by atoms with Crippen LogP contribution in [0.1, 0.15) is 35.4 Å². The maximum Gasteiger partial charge on any atom is 0.407 e. The zero-order valence-corrected chi connectivity index (χ0v) is 23.4. The predicted octanol–water partition coefficient (Wildman–Crippen LogP) is 5.84. The number of ether oxygens (including phenoxy) is 2. The van der Waals surface area contributed by atoms with Gasteiger partial charge in [-0.15, -0.1) is 0 Å². The molecule has 1 aliphatic rings. The van der Waals surface area contributed by atoms with E-state index in [-0.39, 0.29) is 24.7 Å². The normalized spacial score (nSPS) is 17.5. The zero-order valence-electron chi connectivity index (χ0n) is 23.4. The highest BCUT2D eigenvalue weighted by Crippen LogP contribution is 2.30. The van der Waals surface area contributed by atoms with Gasteiger partial charge in [-0.1, -0.05) is 30.3 Å². The molecule has 0 bridgehead atoms. The van der Waals surface area contributed by atoms with Gasteiger partial charge in [-0.2, -0.15) is 13.2 Å². The van der Waals surface area contributed by atoms with E-state index in [0.717, 1.165) is 23.8 Å². The molecular weight excluding hydrogens is 592 g/mol. The standard InChI is InChI=1S/C31H31F6N3O4/c32-22-8-5-19(6-9-22)27(21-11-23(33)13-24(34)12-21)14-29(41)40-28-4-2-1-3-20(28)7-10-25-15-38-16-26(44-25)17-43-30(42)39-18-31(35,36)37/h1-6,8-9,11-13,25-27,38H,7,10,14-18H2,(H,39,42)(H,40,41)/t25-,26+,27+/m1/s1. The van der Waals surface area contributed by atoms with Crippen molar-refractivity contribution in [3.63, 3.8) is 0 Å². The molecule has 0 spiro atoms. The first-order valence-corrected chi connectivity index (χ1v) is 13.9. The van der Waals surface area contributed by atoms with E-state index in [0.29, 0.717) is 37.2 Å². The Morgan fingerprint density at radius 3 is 2.30 bits per heavy atom. The molecule has 236 valence electrons. The van der Waals surface area contributed by atoms with Crippen LogP contribution in [0.25, 0.3) is 0 Å². The van der Waals surface area contributed by atoms with Crippen molar-refractivity contribution in [3.05, 3.63) is 101 Å². The molecule has 4 rings (SSSR count). The Bertz CT molecular complexity index is 1400. The fourth-order valence-electron chi connectivity index (χ4n) is 4.90. The van der Waals surface area contributed by atoms with Gasteiger partial charge < -0.3 is 25.4 Å². The summed E-state index contributed by atoms with van der Waals surface area (Å²) in [6, 6.07) is 15.5. The van der Waals surface area contributed by atoms with Gasteiger partial charge >= 0.3 is 12.3 Å². The van der Waals surface area contributed by atoms with Crippen molar-refractivity contribution in [2.24, 2.45) is 0 Å². The van der Waals surface area contributed by atoms with Crippen LogP contribution in [0, 0.1) is 17.5 Å². The lowest BCUT2D eigenvalue weighted by atomic mass is 9.88. The molecule has 7 nitrogen and oxygen atoms in total. The van der Waals surface area contributed by atoms with E-state index < -0.39 is 54.2 Å². The summed E-state index contributed by atoms with van der Waals surface area (Å²) in [5.41, 5.74) is 2.07. The number of aryl methyl sites for hydroxylation is 1. The number of morpholine rings is 1. The number of carbonyl (C=O) groups excluding carboxylic acids is 2. The van der Waals surface area contributed by atoms with Crippen molar-refractivity contribution in [1.82, 2.24) is 10.6 Å². The molecule has 2 amide bonds. The van der Waals surface area contributed by atoms with Crippen LogP contribution < -0.4 is 16.0 Å². The Kier molecular flexibility index (Phi) is 11.2. The summed E-state index contributed by atoms with van der Waals surface area (Å²) in [5.74, 6) is -3.25. The predicted molar refractivity (Wildman–Crippen MR) is 150 cm³/mol. The number of anilines is 1. The number of alkyl carbamates (subject to hydrolysis) is 1. The molecule has 0 unspecified atom stereocenters. The number of halogens is 6. The van der Waals surface area contributed by atoms with Gasteiger partial charge in [0, 0.05) is 37.2 Å². The van der Waals surface area contributed by atoms with Crippen LogP contribution in [0.5, 0.6) is 0 Å². The van der Waals surface area contributed by atoms with E-state index in [1.54, 1.807) is 23.5 Å². The van der Waals surface area contributed by atoms with Crippen molar-refractivity contribution >= 4 is 17.7 Å². The first kappa shape index (κ1) is 32.8. The number of carbonyl (C=O) groups is 2. The highest BCUT2D eigenvalue weighted by Gasteiger charge is 2.29. The molecule has 3 aromatic carbocycles. The topological polar surface area (TPSA) is 88.7 Å². The minimum Gasteiger partial charge on any atom is -0.447 e. The fourth-order valence-corrected chi connectivity index (χ4v) is 4.90. The molecule has 1 heterocycles. The van der Waals surface area contributed by atoms with Gasteiger partial charge in [0.15, 0.2) is 0 Å². The van der Waals surface area contributed by atoms with Gasteiger partial charge in [0.25, 0.3) is 0 Å². The number of para-hydroxylation sites is 1. The summed E-state index contributed by atoms with van der Waals surface area (Å²) < 4.78 is 89.2. The third-order valence-electron chi connectivity index (χ3n) is 6.94. The second-order valence-corrected chi connectivity index (χ2v) is 10.4. The number of hydrogen-bond acceptors (Lipinski definition) is 5. The molecule has 0 radical (unpaired) electrons. The van der Waals surface area contributed by atoms with Crippen molar-refractivity contribution < 1.29 is 45.4 Å². The van der Waals surface area contributed by atoms with Crippen molar-refractivity contribution in [2.75, 3.05) is 31.6 Å². The summed E-state index contributed by atoms with van der Waals surface area (Å²) in [6.07, 6.45) is -5.77. The molecule has 1 saturated heterocycles. The fraction of sp³-hybridized carbons (Fsp3) is 0.355. The molecular formula is C31H31F6N3O4. The molecule has 0 aliphatic carbocycles. The van der Waals surface area contributed by atoms with Crippen LogP contribution in [0.3, 0.4) is 0 Å². The summed E-state index contributed by atoms with van der Waals surface area (Å²) in [7, 11) is 0. The van der Waals surface area contributed by atoms with E-state index in [4.69, 9.17) is 9.47 Å². The van der Waals surface area contributed by atoms with Crippen molar-refractivity contribution in [1.29, 1.82) is 0 Å². The lowest BCUT2D eigenvalue weighted by molar-refractivity contribution is -0.124. The Morgan fingerprint density at radius 2 is 1.59 bits per heavy atom. The molecule has 0 aromatic heterocycles. The van der Waals surface area contributed by atoms with E-state index >= 15 is 0 Å². The molecule has 1 fully saturated rings. The molecule has 3 aromatic rings. The number of nitrogens with one attached hydrogen (secondary N) is 3. The third-order valence-corrected chi connectivity index (χ3v) is 6.94. The average Bonchev–Trinajstić information content (AvgIpc) is 2.97. The zero-order chi connectivity index (χ0) is 31.7. The highest BCUT2D eigenvalue weighted by atomic mass is 19.4. The molecule has 0 saturated carbocycles. The van der Waals surface area contributed by atoms with Crippen LogP contribution >= 0.6 is 0 Å². The van der Waals surface area contributed by atoms with Crippen molar-refractivity contribution in [3.8, 4) is 0 Å². The van der Waals surface area contributed by atoms with Crippen LogP contribution in [0.15, 0.2) is 66.7 Å². The summed E-state index contributed by atoms with van der Waals surface area (Å²) in [5, 5.41) is 7.65. The smallest absolute Gasteiger partial charge is 0.407 e. The second kappa shape index (κ2) is 15.1. The van der Waals surface area contributed by atoms with E-state index in [1.807, 2.05) is 6.07 Å². The van der Waals surface area contributed by atoms with E-state index in [9.17, 15) is 35.9 Å². The second-order valence-electron chi connectivity index (χ2n) is 10.4. The van der Waals surface area contributed by atoms with Crippen molar-refractivity contribution in [2.45, 2.75) is 43.6 Å². The Hall–Kier alpha value is -4.10. The maximum absolute atomic E-state index is 14.0. The lowest BCUT2D eigenvalue weighted by Gasteiger charge is -2.30. The number of amides is 2. The minimum absolute atomic E-state index is 0.170. The Morgan fingerprint density at radius 1 is 0.909 bits per heavy atom. The van der Waals surface area contributed by atoms with Gasteiger partial charge in [0.2, 0.25) is 5.91 Å². The van der Waals surface area contributed by atoms with Gasteiger partial charge in [-0.05, 0) is 59.9 Å². The van der Waals surface area contributed by atoms with Crippen LogP contribution in [-0.2, 0) is 20.7 Å². The monoisotopic (exact) mass is 623 g/mol. The summed E-state index contributed by atoms with van der Waals surface area (Å²) in [6.45, 7) is -0.885. The van der Waals surface area contributed by atoms with E-state index in [2.05, 4.69) is 10.6 Å². The SMILES string of the molecule is O=C(C[C@@H](c1ccc(F)cc1)c1cc(F)cc(F)c1)Nc1ccccc1CC[C@@H]1CNC[C@@H](COC(=O)NCC(F)(F)F)O1. The molecule has 13 heteroatoms. The number of benzene rings is 3. The van der Waals surface area contributed by atoms with E-state index in [1.165, 1.54) is 24.3 Å². The Balaban J connectivity index is 1.35. The third kappa shape index (κ3) is 10.3. The van der Waals surface area contributed by atoms with Gasteiger partial charge in [-0.25, -0.2) is 18.0 Å². The molecule has 44 heavy (non-hydrogen) atoms. The van der Waals surface area contributed by atoms with Crippen LogP contribution in [0.2, 0.25) is 0 Å². The summed E-state index contributed by atoms with van der Waals surface area (Å²) in [4.78, 5) is 24.7. The van der Waals surface area contributed by atoms with Crippen LogP contribution in [0.4, 0.5) is 36.8 Å². The Labute approximate surface area is 249 Å². The van der Waals surface area contributed by atoms with Gasteiger partial charge in [0.1, 0.15) is 36.7 Å². The molecule has 3 N–H and O–H groups in total. The molecule has 3 atom stereocenters. The van der Waals surface area contributed by atoms with Gasteiger partial charge in [0.05, 0.1) is 6.10 Å². The van der Waals surface area contributed by atoms with Crippen LogP contribution in [-0.4, -0.2) is 56.6 Å². The summed E-state index contributed by atoms with van der Waals surface area (Å²) >= 11 is 0. The number of hydrogen-bond donors (Lipinski definition) is 3. The maximum atomic E-state index is 14.0. The minimum atomic E-state index is -4.55. The lowest BCUT2D eigenvalue weighted by Crippen LogP contribution is -2.47. The first-order chi connectivity index (χ1) is 20.9. The average molecular weight is 624 g/mol.